The number of hydrogen-bond donors (Lipinski definition) is 2. The second-order valence-corrected chi connectivity index (χ2v) is 4.63. The maximum atomic E-state index is 5.74. The van der Waals surface area contributed by atoms with Gasteiger partial charge in [0.2, 0.25) is 23.7 Å². The number of ether oxygens (including phenoxy) is 1. The Morgan fingerprint density at radius 3 is 2.81 bits per heavy atom. The first-order valence-corrected chi connectivity index (χ1v) is 6.70. The van der Waals surface area contributed by atoms with Gasteiger partial charge < -0.3 is 25.1 Å². The molecule has 9 nitrogen and oxygen atoms in total. The van der Waals surface area contributed by atoms with Crippen LogP contribution in [0.15, 0.2) is 10.6 Å². The summed E-state index contributed by atoms with van der Waals surface area (Å²) in [4.78, 5) is 18.7. The lowest BCUT2D eigenvalue weighted by Gasteiger charge is -2.26. The molecule has 0 aliphatic carbocycles. The molecule has 3 rings (SSSR count). The fourth-order valence-corrected chi connectivity index (χ4v) is 2.00. The van der Waals surface area contributed by atoms with E-state index < -0.39 is 0 Å². The molecule has 2 aromatic rings. The smallest absolute Gasteiger partial charge is 0.232 e. The number of aryl methyl sites for hydroxylation is 1. The summed E-state index contributed by atoms with van der Waals surface area (Å²) in [6, 6.07) is 0. The quantitative estimate of drug-likeness (QED) is 0.814. The van der Waals surface area contributed by atoms with Crippen molar-refractivity contribution in [2.75, 3.05) is 42.3 Å². The minimum atomic E-state index is 0.178. The van der Waals surface area contributed by atoms with Crippen molar-refractivity contribution in [3.05, 3.63) is 17.8 Å². The van der Waals surface area contributed by atoms with E-state index in [4.69, 9.17) is 14.9 Å². The van der Waals surface area contributed by atoms with Crippen LogP contribution in [0, 0.1) is 6.92 Å². The van der Waals surface area contributed by atoms with Crippen LogP contribution in [-0.2, 0) is 11.3 Å². The summed E-state index contributed by atoms with van der Waals surface area (Å²) in [5.74, 6) is 2.46. The molecule has 0 radical (unpaired) electrons. The second kappa shape index (κ2) is 5.92. The van der Waals surface area contributed by atoms with Crippen molar-refractivity contribution in [2.45, 2.75) is 13.5 Å². The number of nitrogens with zero attached hydrogens (tertiary/aromatic N) is 5. The van der Waals surface area contributed by atoms with Crippen LogP contribution in [0.3, 0.4) is 0 Å². The topological polar surface area (TPSA) is 115 Å². The maximum Gasteiger partial charge on any atom is 0.232 e. The van der Waals surface area contributed by atoms with E-state index in [-0.39, 0.29) is 5.95 Å². The Balaban J connectivity index is 1.71. The zero-order valence-electron chi connectivity index (χ0n) is 11.7. The average Bonchev–Trinajstić information content (AvgIpc) is 2.91. The zero-order valence-corrected chi connectivity index (χ0v) is 11.7. The Labute approximate surface area is 121 Å². The minimum Gasteiger partial charge on any atom is -0.444 e. The Hall–Kier alpha value is -2.42. The molecule has 0 atom stereocenters. The van der Waals surface area contributed by atoms with Gasteiger partial charge in [-0.3, -0.25) is 0 Å². The molecular formula is C12H17N7O2. The first-order valence-electron chi connectivity index (χ1n) is 6.70. The Bertz CT molecular complexity index is 609. The van der Waals surface area contributed by atoms with Gasteiger partial charge in [0.05, 0.1) is 26.0 Å². The molecule has 2 aromatic heterocycles. The van der Waals surface area contributed by atoms with Gasteiger partial charge in [-0.2, -0.15) is 15.0 Å². The van der Waals surface area contributed by atoms with Gasteiger partial charge in [0.15, 0.2) is 0 Å². The number of hydrogen-bond acceptors (Lipinski definition) is 9. The van der Waals surface area contributed by atoms with Gasteiger partial charge in [0.1, 0.15) is 5.76 Å². The lowest BCUT2D eigenvalue weighted by Crippen LogP contribution is -2.37. The van der Waals surface area contributed by atoms with Crippen molar-refractivity contribution in [3.8, 4) is 0 Å². The molecule has 0 unspecified atom stereocenters. The van der Waals surface area contributed by atoms with E-state index >= 15 is 0 Å². The van der Waals surface area contributed by atoms with Gasteiger partial charge in [0.25, 0.3) is 0 Å². The number of nitrogen functional groups attached to an aromatic ring is 1. The predicted octanol–water partition coefficient (Wildman–Crippen LogP) is 0.199. The summed E-state index contributed by atoms with van der Waals surface area (Å²) in [5, 5.41) is 3.04. The van der Waals surface area contributed by atoms with Crippen molar-refractivity contribution in [3.63, 3.8) is 0 Å². The molecule has 1 aliphatic rings. The Morgan fingerprint density at radius 1 is 1.29 bits per heavy atom. The van der Waals surface area contributed by atoms with Crippen LogP contribution >= 0.6 is 0 Å². The summed E-state index contributed by atoms with van der Waals surface area (Å²) >= 11 is 0. The third-order valence-corrected chi connectivity index (χ3v) is 3.00. The van der Waals surface area contributed by atoms with Gasteiger partial charge in [-0.15, -0.1) is 0 Å². The second-order valence-electron chi connectivity index (χ2n) is 4.63. The van der Waals surface area contributed by atoms with Crippen LogP contribution in [0.25, 0.3) is 0 Å². The summed E-state index contributed by atoms with van der Waals surface area (Å²) in [6.45, 7) is 5.02. The third-order valence-electron chi connectivity index (χ3n) is 3.00. The van der Waals surface area contributed by atoms with E-state index in [9.17, 15) is 0 Å². The highest BCUT2D eigenvalue weighted by molar-refractivity contribution is 5.42. The standard InChI is InChI=1S/C12H17N7O2/c1-8-6-14-9(21-8)7-15-11-16-10(13)17-12(18-11)19-2-4-20-5-3-19/h6H,2-5,7H2,1H3,(H3,13,15,16,17,18). The van der Waals surface area contributed by atoms with Crippen molar-refractivity contribution in [1.29, 1.82) is 0 Å². The van der Waals surface area contributed by atoms with E-state index in [2.05, 4.69) is 25.3 Å². The molecular weight excluding hydrogens is 274 g/mol. The number of anilines is 3. The van der Waals surface area contributed by atoms with Crippen LogP contribution in [0.5, 0.6) is 0 Å². The van der Waals surface area contributed by atoms with Crippen LogP contribution in [-0.4, -0.2) is 46.2 Å². The molecule has 112 valence electrons. The molecule has 9 heteroatoms. The Morgan fingerprint density at radius 2 is 2.10 bits per heavy atom. The van der Waals surface area contributed by atoms with E-state index in [1.54, 1.807) is 6.20 Å². The highest BCUT2D eigenvalue weighted by Gasteiger charge is 2.16. The van der Waals surface area contributed by atoms with Crippen molar-refractivity contribution in [2.24, 2.45) is 0 Å². The summed E-state index contributed by atoms with van der Waals surface area (Å²) < 4.78 is 10.7. The molecule has 0 aromatic carbocycles. The molecule has 3 heterocycles. The lowest BCUT2D eigenvalue weighted by molar-refractivity contribution is 0.122. The summed E-state index contributed by atoms with van der Waals surface area (Å²) in [5.41, 5.74) is 5.74. The fraction of sp³-hybridized carbons (Fsp3) is 0.500. The third kappa shape index (κ3) is 3.37. The molecule has 0 bridgehead atoms. The number of aromatic nitrogens is 4. The number of rotatable bonds is 4. The summed E-state index contributed by atoms with van der Waals surface area (Å²) in [7, 11) is 0. The Kier molecular flexibility index (Phi) is 3.82. The maximum absolute atomic E-state index is 5.74. The van der Waals surface area contributed by atoms with Gasteiger partial charge in [-0.25, -0.2) is 4.98 Å². The van der Waals surface area contributed by atoms with Crippen LogP contribution in [0.2, 0.25) is 0 Å². The molecule has 1 saturated heterocycles. The first kappa shape index (κ1) is 13.6. The van der Waals surface area contributed by atoms with Gasteiger partial charge in [0, 0.05) is 13.1 Å². The highest BCUT2D eigenvalue weighted by atomic mass is 16.5. The molecule has 1 fully saturated rings. The summed E-state index contributed by atoms with van der Waals surface area (Å²) in [6.07, 6.45) is 1.66. The molecule has 0 spiro atoms. The van der Waals surface area contributed by atoms with Crippen molar-refractivity contribution in [1.82, 2.24) is 19.9 Å². The fourth-order valence-electron chi connectivity index (χ4n) is 2.00. The van der Waals surface area contributed by atoms with Gasteiger partial charge >= 0.3 is 0 Å². The van der Waals surface area contributed by atoms with Gasteiger partial charge in [-0.05, 0) is 6.92 Å². The molecule has 3 N–H and O–H groups in total. The van der Waals surface area contributed by atoms with Crippen LogP contribution in [0.4, 0.5) is 17.8 Å². The molecule has 1 aliphatic heterocycles. The van der Waals surface area contributed by atoms with E-state index in [0.717, 1.165) is 18.8 Å². The predicted molar refractivity (Wildman–Crippen MR) is 75.8 cm³/mol. The van der Waals surface area contributed by atoms with E-state index in [1.807, 2.05) is 11.8 Å². The zero-order chi connectivity index (χ0) is 14.7. The molecule has 21 heavy (non-hydrogen) atoms. The highest BCUT2D eigenvalue weighted by Crippen LogP contribution is 2.14. The molecule has 0 saturated carbocycles. The van der Waals surface area contributed by atoms with Crippen molar-refractivity contribution < 1.29 is 9.15 Å². The van der Waals surface area contributed by atoms with Crippen LogP contribution < -0.4 is 16.0 Å². The average molecular weight is 291 g/mol. The van der Waals surface area contributed by atoms with Crippen molar-refractivity contribution >= 4 is 17.8 Å². The van der Waals surface area contributed by atoms with Gasteiger partial charge in [-0.1, -0.05) is 0 Å². The first-order chi connectivity index (χ1) is 10.2. The molecule has 0 amide bonds. The normalized spacial score (nSPS) is 15.2. The number of nitrogens with one attached hydrogen (secondary N) is 1. The number of nitrogens with two attached hydrogens (primary N) is 1. The SMILES string of the molecule is Cc1cnc(CNc2nc(N)nc(N3CCOCC3)n2)o1. The number of morpholine rings is 1. The van der Waals surface area contributed by atoms with Crippen LogP contribution in [0.1, 0.15) is 11.7 Å². The number of oxazole rings is 1. The minimum absolute atomic E-state index is 0.178. The largest absolute Gasteiger partial charge is 0.444 e. The lowest BCUT2D eigenvalue weighted by atomic mass is 10.4. The van der Waals surface area contributed by atoms with E-state index in [0.29, 0.717) is 37.5 Å². The monoisotopic (exact) mass is 291 g/mol. The van der Waals surface area contributed by atoms with E-state index in [1.165, 1.54) is 0 Å².